The van der Waals surface area contributed by atoms with Crippen LogP contribution in [0.15, 0.2) is 0 Å². The molecular weight excluding hydrogens is 236 g/mol. The number of piperidine rings is 1. The van der Waals surface area contributed by atoms with E-state index in [4.69, 9.17) is 9.47 Å². The normalized spacial score (nSPS) is 23.6. The van der Waals surface area contributed by atoms with E-state index < -0.39 is 5.97 Å². The van der Waals surface area contributed by atoms with Crippen molar-refractivity contribution in [1.29, 1.82) is 0 Å². The number of likely N-dealkylation sites (tertiary alicyclic amines) is 1. The molecule has 18 heavy (non-hydrogen) atoms. The molecule has 0 radical (unpaired) electrons. The van der Waals surface area contributed by atoms with E-state index in [9.17, 15) is 9.59 Å². The lowest BCUT2D eigenvalue weighted by Crippen LogP contribution is -2.53. The average molecular weight is 258 g/mol. The summed E-state index contributed by atoms with van der Waals surface area (Å²) in [5, 5.41) is 2.56. The molecule has 1 unspecified atom stereocenters. The Balaban J connectivity index is 2.39. The molecule has 0 bridgehead atoms. The fourth-order valence-corrected chi connectivity index (χ4v) is 2.02. The quantitative estimate of drug-likeness (QED) is 0.756. The molecule has 0 saturated carbocycles. The number of urea groups is 1. The minimum Gasteiger partial charge on any atom is -0.465 e. The minimum absolute atomic E-state index is 0.0904. The van der Waals surface area contributed by atoms with Crippen molar-refractivity contribution in [3.8, 4) is 0 Å². The van der Waals surface area contributed by atoms with E-state index in [-0.39, 0.29) is 18.2 Å². The number of nitrogens with zero attached hydrogens (tertiary/aromatic N) is 1. The molecule has 1 aliphatic rings. The summed E-state index contributed by atoms with van der Waals surface area (Å²) in [6.45, 7) is 5.17. The number of hydrogen-bond donors (Lipinski definition) is 1. The average Bonchev–Trinajstić information content (AvgIpc) is 2.36. The monoisotopic (exact) mass is 258 g/mol. The van der Waals surface area contributed by atoms with Crippen molar-refractivity contribution in [3.05, 3.63) is 0 Å². The minimum atomic E-state index is -0.419. The van der Waals surface area contributed by atoms with Crippen LogP contribution >= 0.6 is 0 Å². The zero-order valence-electron chi connectivity index (χ0n) is 11.3. The summed E-state index contributed by atoms with van der Waals surface area (Å²) in [5.41, 5.74) is -0.292. The third kappa shape index (κ3) is 4.18. The molecule has 1 aliphatic heterocycles. The van der Waals surface area contributed by atoms with Gasteiger partial charge in [-0.1, -0.05) is 0 Å². The first-order valence-electron chi connectivity index (χ1n) is 6.24. The van der Waals surface area contributed by atoms with Crippen molar-refractivity contribution in [2.24, 2.45) is 0 Å². The summed E-state index contributed by atoms with van der Waals surface area (Å²) in [7, 11) is 1.65. The van der Waals surface area contributed by atoms with Crippen LogP contribution in [0.5, 0.6) is 0 Å². The van der Waals surface area contributed by atoms with Crippen LogP contribution in [0, 0.1) is 0 Å². The number of ether oxygens (including phenoxy) is 2. The van der Waals surface area contributed by atoms with Crippen molar-refractivity contribution in [1.82, 2.24) is 10.2 Å². The largest absolute Gasteiger partial charge is 0.465 e. The molecule has 1 fully saturated rings. The number of carbonyl (C=O) groups is 2. The molecule has 0 aromatic rings. The number of methoxy groups -OCH3 is 1. The fourth-order valence-electron chi connectivity index (χ4n) is 2.02. The second-order valence-corrected chi connectivity index (χ2v) is 4.64. The smallest absolute Gasteiger partial charge is 0.325 e. The molecule has 0 aromatic heterocycles. The van der Waals surface area contributed by atoms with Crippen molar-refractivity contribution in [2.45, 2.75) is 32.3 Å². The van der Waals surface area contributed by atoms with Crippen LogP contribution in [0.4, 0.5) is 4.79 Å². The van der Waals surface area contributed by atoms with Gasteiger partial charge in [-0.15, -0.1) is 0 Å². The molecule has 1 saturated heterocycles. The van der Waals surface area contributed by atoms with Crippen LogP contribution in [0.1, 0.15) is 26.7 Å². The third-order valence-corrected chi connectivity index (χ3v) is 3.13. The first kappa shape index (κ1) is 14.8. The summed E-state index contributed by atoms with van der Waals surface area (Å²) in [6.07, 6.45) is 1.84. The maximum atomic E-state index is 11.9. The second-order valence-electron chi connectivity index (χ2n) is 4.64. The van der Waals surface area contributed by atoms with Gasteiger partial charge >= 0.3 is 12.0 Å². The van der Waals surface area contributed by atoms with Crippen LogP contribution in [0.3, 0.4) is 0 Å². The Morgan fingerprint density at radius 2 is 2.17 bits per heavy atom. The molecule has 1 N–H and O–H groups in total. The Kier molecular flexibility index (Phi) is 5.40. The van der Waals surface area contributed by atoms with Crippen LogP contribution in [-0.2, 0) is 14.3 Å². The molecule has 1 atom stereocenters. The van der Waals surface area contributed by atoms with Gasteiger partial charge in [0.1, 0.15) is 6.54 Å². The van der Waals surface area contributed by atoms with Gasteiger partial charge in [-0.25, -0.2) is 4.79 Å². The van der Waals surface area contributed by atoms with Gasteiger partial charge < -0.3 is 19.7 Å². The molecule has 1 heterocycles. The molecule has 6 heteroatoms. The Morgan fingerprint density at radius 3 is 2.78 bits per heavy atom. The highest BCUT2D eigenvalue weighted by molar-refractivity contribution is 5.80. The molecule has 0 aliphatic carbocycles. The SMILES string of the molecule is CCOC(=O)CNC(=O)N1CCCC(C)(OC)C1. The van der Waals surface area contributed by atoms with E-state index in [0.29, 0.717) is 19.7 Å². The molecular formula is C12H22N2O4. The Morgan fingerprint density at radius 1 is 1.44 bits per heavy atom. The van der Waals surface area contributed by atoms with Gasteiger partial charge in [0.15, 0.2) is 0 Å². The maximum Gasteiger partial charge on any atom is 0.325 e. The van der Waals surface area contributed by atoms with Gasteiger partial charge in [-0.2, -0.15) is 0 Å². The van der Waals surface area contributed by atoms with Crippen molar-refractivity contribution in [2.75, 3.05) is 33.4 Å². The topological polar surface area (TPSA) is 67.9 Å². The second kappa shape index (κ2) is 6.58. The van der Waals surface area contributed by atoms with E-state index in [1.54, 1.807) is 18.9 Å². The highest BCUT2D eigenvalue weighted by Crippen LogP contribution is 2.23. The van der Waals surface area contributed by atoms with E-state index in [0.717, 1.165) is 12.8 Å². The Labute approximate surface area is 108 Å². The third-order valence-electron chi connectivity index (χ3n) is 3.13. The summed E-state index contributed by atoms with van der Waals surface area (Å²) in [6, 6.07) is -0.244. The van der Waals surface area contributed by atoms with Gasteiger partial charge in [0.2, 0.25) is 0 Å². The van der Waals surface area contributed by atoms with Gasteiger partial charge in [-0.3, -0.25) is 4.79 Å². The van der Waals surface area contributed by atoms with Gasteiger partial charge in [0.25, 0.3) is 0 Å². The predicted molar refractivity (Wildman–Crippen MR) is 66.3 cm³/mol. The highest BCUT2D eigenvalue weighted by atomic mass is 16.5. The Bertz CT molecular complexity index is 308. The summed E-state index contributed by atoms with van der Waals surface area (Å²) in [5.74, 6) is -0.419. The maximum absolute atomic E-state index is 11.9. The number of hydrogen-bond acceptors (Lipinski definition) is 4. The van der Waals surface area contributed by atoms with Crippen LogP contribution in [0.25, 0.3) is 0 Å². The molecule has 1 rings (SSSR count). The van der Waals surface area contributed by atoms with Gasteiger partial charge in [0.05, 0.1) is 18.8 Å². The lowest BCUT2D eigenvalue weighted by molar-refractivity contribution is -0.141. The van der Waals surface area contributed by atoms with E-state index in [1.807, 2.05) is 6.92 Å². The van der Waals surface area contributed by atoms with Crippen molar-refractivity contribution in [3.63, 3.8) is 0 Å². The first-order valence-corrected chi connectivity index (χ1v) is 6.24. The standard InChI is InChI=1S/C12H22N2O4/c1-4-18-10(15)8-13-11(16)14-7-5-6-12(2,9-14)17-3/h4-9H2,1-3H3,(H,13,16). The summed E-state index contributed by atoms with van der Waals surface area (Å²) >= 11 is 0. The van der Waals surface area contributed by atoms with Crippen molar-refractivity contribution >= 4 is 12.0 Å². The lowest BCUT2D eigenvalue weighted by Gasteiger charge is -2.39. The number of carbonyl (C=O) groups excluding carboxylic acids is 2. The molecule has 6 nitrogen and oxygen atoms in total. The zero-order chi connectivity index (χ0) is 13.6. The number of rotatable bonds is 4. The van der Waals surface area contributed by atoms with E-state index in [1.165, 1.54) is 0 Å². The van der Waals surface area contributed by atoms with Crippen LogP contribution in [0.2, 0.25) is 0 Å². The number of esters is 1. The molecule has 0 spiro atoms. The van der Waals surface area contributed by atoms with Crippen LogP contribution in [-0.4, -0.2) is 55.9 Å². The Hall–Kier alpha value is -1.30. The number of nitrogens with one attached hydrogen (secondary N) is 1. The van der Waals surface area contributed by atoms with Crippen molar-refractivity contribution < 1.29 is 19.1 Å². The lowest BCUT2D eigenvalue weighted by atomic mass is 9.95. The summed E-state index contributed by atoms with van der Waals surface area (Å²) < 4.78 is 10.2. The molecule has 2 amide bonds. The van der Waals surface area contributed by atoms with Gasteiger partial charge in [-0.05, 0) is 26.7 Å². The fraction of sp³-hybridized carbons (Fsp3) is 0.833. The molecule has 0 aromatic carbocycles. The van der Waals surface area contributed by atoms with E-state index in [2.05, 4.69) is 5.32 Å². The highest BCUT2D eigenvalue weighted by Gasteiger charge is 2.32. The van der Waals surface area contributed by atoms with Gasteiger partial charge in [0, 0.05) is 13.7 Å². The summed E-state index contributed by atoms with van der Waals surface area (Å²) in [4.78, 5) is 24.7. The van der Waals surface area contributed by atoms with E-state index >= 15 is 0 Å². The van der Waals surface area contributed by atoms with Crippen LogP contribution < -0.4 is 5.32 Å². The first-order chi connectivity index (χ1) is 8.50. The number of amides is 2. The zero-order valence-corrected chi connectivity index (χ0v) is 11.3. The predicted octanol–water partition coefficient (Wildman–Crippen LogP) is 0.760. The molecule has 104 valence electrons.